The number of aromatic nitrogens is 2. The van der Waals surface area contributed by atoms with Crippen molar-refractivity contribution in [2.75, 3.05) is 5.75 Å². The summed E-state index contributed by atoms with van der Waals surface area (Å²) in [7, 11) is 0. The van der Waals surface area contributed by atoms with Crippen LogP contribution in [0.5, 0.6) is 5.75 Å². The molecule has 0 spiro atoms. The monoisotopic (exact) mass is 436 g/mol. The normalized spacial score (nSPS) is 11.7. The second-order valence-corrected chi connectivity index (χ2v) is 7.92. The molecule has 0 saturated heterocycles. The maximum atomic E-state index is 12.7. The SMILES string of the molecule is Cc1cc(C)c(-c2c(O)cc(CCSc3nccc(C(F)(F)F)n3)oc2=O)c(C)c1. The Bertz CT molecular complexity index is 1120. The second-order valence-electron chi connectivity index (χ2n) is 6.85. The quantitative estimate of drug-likeness (QED) is 0.444. The maximum Gasteiger partial charge on any atom is 0.433 e. The van der Waals surface area contributed by atoms with Crippen LogP contribution in [-0.4, -0.2) is 20.8 Å². The number of nitrogens with zero attached hydrogens (tertiary/aromatic N) is 2. The minimum Gasteiger partial charge on any atom is -0.507 e. The van der Waals surface area contributed by atoms with E-state index in [0.717, 1.165) is 40.7 Å². The van der Waals surface area contributed by atoms with Crippen LogP contribution in [0.4, 0.5) is 13.2 Å². The van der Waals surface area contributed by atoms with Gasteiger partial charge in [-0.25, -0.2) is 14.8 Å². The van der Waals surface area contributed by atoms with Crippen LogP contribution in [0, 0.1) is 20.8 Å². The van der Waals surface area contributed by atoms with Crippen LogP contribution in [0.3, 0.4) is 0 Å². The molecule has 0 aliphatic heterocycles. The number of hydrogen-bond donors (Lipinski definition) is 1. The first kappa shape index (κ1) is 21.9. The van der Waals surface area contributed by atoms with Crippen molar-refractivity contribution in [2.24, 2.45) is 0 Å². The molecule has 1 aromatic carbocycles. The Hall–Kier alpha value is -2.81. The summed E-state index contributed by atoms with van der Waals surface area (Å²) in [6.07, 6.45) is -3.29. The third kappa shape index (κ3) is 4.84. The number of thioether (sulfide) groups is 1. The van der Waals surface area contributed by atoms with Crippen molar-refractivity contribution in [3.8, 4) is 16.9 Å². The zero-order chi connectivity index (χ0) is 22.1. The van der Waals surface area contributed by atoms with Gasteiger partial charge in [-0.1, -0.05) is 29.5 Å². The van der Waals surface area contributed by atoms with E-state index in [0.29, 0.717) is 5.56 Å². The molecule has 0 radical (unpaired) electrons. The van der Waals surface area contributed by atoms with E-state index in [1.807, 2.05) is 32.9 Å². The molecular formula is C21H19F3N2O3S. The van der Waals surface area contributed by atoms with E-state index in [1.54, 1.807) is 0 Å². The number of alkyl halides is 3. The largest absolute Gasteiger partial charge is 0.507 e. The molecule has 5 nitrogen and oxygen atoms in total. The summed E-state index contributed by atoms with van der Waals surface area (Å²) in [4.78, 5) is 19.8. The van der Waals surface area contributed by atoms with E-state index in [9.17, 15) is 23.1 Å². The van der Waals surface area contributed by atoms with Gasteiger partial charge >= 0.3 is 11.8 Å². The highest BCUT2D eigenvalue weighted by atomic mass is 32.2. The van der Waals surface area contributed by atoms with Gasteiger partial charge in [0.25, 0.3) is 0 Å². The summed E-state index contributed by atoms with van der Waals surface area (Å²) in [5.41, 5.74) is 1.79. The Morgan fingerprint density at radius 1 is 1.10 bits per heavy atom. The lowest BCUT2D eigenvalue weighted by atomic mass is 9.94. The number of halogens is 3. The van der Waals surface area contributed by atoms with Crippen LogP contribution < -0.4 is 5.63 Å². The summed E-state index contributed by atoms with van der Waals surface area (Å²) in [5.74, 6) is 0.297. The van der Waals surface area contributed by atoms with E-state index in [4.69, 9.17) is 4.42 Å². The molecule has 2 aromatic heterocycles. The highest BCUT2D eigenvalue weighted by Gasteiger charge is 2.32. The molecule has 0 atom stereocenters. The lowest BCUT2D eigenvalue weighted by molar-refractivity contribution is -0.141. The maximum absolute atomic E-state index is 12.7. The molecule has 9 heteroatoms. The molecule has 0 unspecified atom stereocenters. The zero-order valence-electron chi connectivity index (χ0n) is 16.5. The minimum absolute atomic E-state index is 0.0288. The predicted octanol–water partition coefficient (Wildman–Crippen LogP) is 5.08. The van der Waals surface area contributed by atoms with Gasteiger partial charge < -0.3 is 9.52 Å². The van der Waals surface area contributed by atoms with Crippen molar-refractivity contribution in [1.29, 1.82) is 0 Å². The Labute approximate surface area is 175 Å². The first-order chi connectivity index (χ1) is 14.1. The smallest absolute Gasteiger partial charge is 0.433 e. The van der Waals surface area contributed by atoms with Gasteiger partial charge in [0.1, 0.15) is 22.8 Å². The van der Waals surface area contributed by atoms with Crippen molar-refractivity contribution in [3.05, 3.63) is 69.0 Å². The Kier molecular flexibility index (Phi) is 6.21. The predicted molar refractivity (Wildman–Crippen MR) is 108 cm³/mol. The second kappa shape index (κ2) is 8.51. The molecule has 0 bridgehead atoms. The topological polar surface area (TPSA) is 76.2 Å². The number of benzene rings is 1. The Morgan fingerprint density at radius 2 is 1.77 bits per heavy atom. The number of aryl methyl sites for hydroxylation is 4. The van der Waals surface area contributed by atoms with Gasteiger partial charge in [-0.3, -0.25) is 0 Å². The van der Waals surface area contributed by atoms with Crippen molar-refractivity contribution in [1.82, 2.24) is 9.97 Å². The number of aromatic hydroxyl groups is 1. The Morgan fingerprint density at radius 3 is 2.37 bits per heavy atom. The lowest BCUT2D eigenvalue weighted by Gasteiger charge is -2.12. The molecule has 0 aliphatic rings. The first-order valence-electron chi connectivity index (χ1n) is 9.03. The van der Waals surface area contributed by atoms with E-state index in [-0.39, 0.29) is 34.4 Å². The fourth-order valence-electron chi connectivity index (χ4n) is 3.27. The third-order valence-electron chi connectivity index (χ3n) is 4.41. The van der Waals surface area contributed by atoms with E-state index in [1.165, 1.54) is 6.07 Å². The molecule has 30 heavy (non-hydrogen) atoms. The summed E-state index contributed by atoms with van der Waals surface area (Å²) in [6.45, 7) is 5.66. The van der Waals surface area contributed by atoms with Crippen molar-refractivity contribution in [3.63, 3.8) is 0 Å². The van der Waals surface area contributed by atoms with Crippen molar-refractivity contribution in [2.45, 2.75) is 38.5 Å². The van der Waals surface area contributed by atoms with Gasteiger partial charge in [0.05, 0.1) is 0 Å². The lowest BCUT2D eigenvalue weighted by Crippen LogP contribution is -2.09. The van der Waals surface area contributed by atoms with Crippen LogP contribution in [-0.2, 0) is 12.6 Å². The molecule has 2 heterocycles. The molecular weight excluding hydrogens is 417 g/mol. The molecule has 0 saturated carbocycles. The molecule has 0 fully saturated rings. The van der Waals surface area contributed by atoms with Gasteiger partial charge in [0.15, 0.2) is 5.16 Å². The van der Waals surface area contributed by atoms with Crippen LogP contribution >= 0.6 is 11.8 Å². The Balaban J connectivity index is 1.78. The van der Waals surface area contributed by atoms with E-state index in [2.05, 4.69) is 9.97 Å². The first-order valence-corrected chi connectivity index (χ1v) is 10.0. The van der Waals surface area contributed by atoms with Gasteiger partial charge in [0.2, 0.25) is 0 Å². The van der Waals surface area contributed by atoms with Gasteiger partial charge in [0, 0.05) is 24.4 Å². The molecule has 3 rings (SSSR count). The van der Waals surface area contributed by atoms with Gasteiger partial charge in [-0.05, 0) is 43.5 Å². The summed E-state index contributed by atoms with van der Waals surface area (Å²) < 4.78 is 43.5. The standard InChI is InChI=1S/C21H19F3N2O3S/c1-11-8-12(2)17(13(3)9-11)18-15(27)10-14(29-19(18)28)5-7-30-20-25-6-4-16(26-20)21(22,23)24/h4,6,8-10,27H,5,7H2,1-3H3. The third-order valence-corrected chi connectivity index (χ3v) is 5.28. The summed E-state index contributed by atoms with van der Waals surface area (Å²) in [6, 6.07) is 6.00. The molecule has 158 valence electrons. The fraction of sp³-hybridized carbons (Fsp3) is 0.286. The highest BCUT2D eigenvalue weighted by molar-refractivity contribution is 7.99. The van der Waals surface area contributed by atoms with Gasteiger partial charge in [-0.2, -0.15) is 13.2 Å². The van der Waals surface area contributed by atoms with E-state index >= 15 is 0 Å². The van der Waals surface area contributed by atoms with Gasteiger partial charge in [-0.15, -0.1) is 0 Å². The summed E-state index contributed by atoms with van der Waals surface area (Å²) in [5, 5.41) is 10.4. The van der Waals surface area contributed by atoms with E-state index < -0.39 is 17.5 Å². The molecule has 0 aliphatic carbocycles. The van der Waals surface area contributed by atoms with Crippen LogP contribution in [0.15, 0.2) is 44.8 Å². The van der Waals surface area contributed by atoms with Crippen molar-refractivity contribution < 1.29 is 22.7 Å². The summed E-state index contributed by atoms with van der Waals surface area (Å²) >= 11 is 0.998. The fourth-order valence-corrected chi connectivity index (χ4v) is 4.05. The molecule has 3 aromatic rings. The van der Waals surface area contributed by atoms with Crippen LogP contribution in [0.2, 0.25) is 0 Å². The number of rotatable bonds is 5. The van der Waals surface area contributed by atoms with Crippen LogP contribution in [0.1, 0.15) is 28.1 Å². The molecule has 1 N–H and O–H groups in total. The zero-order valence-corrected chi connectivity index (χ0v) is 17.3. The highest BCUT2D eigenvalue weighted by Crippen LogP contribution is 2.33. The number of hydrogen-bond acceptors (Lipinski definition) is 6. The average molecular weight is 436 g/mol. The van der Waals surface area contributed by atoms with Crippen LogP contribution in [0.25, 0.3) is 11.1 Å². The average Bonchev–Trinajstić information content (AvgIpc) is 2.63. The molecule has 0 amide bonds. The van der Waals surface area contributed by atoms with Crippen molar-refractivity contribution >= 4 is 11.8 Å². The minimum atomic E-state index is -4.54.